The highest BCUT2D eigenvalue weighted by atomic mass is 16.6. The van der Waals surface area contributed by atoms with Gasteiger partial charge < -0.3 is 42.6 Å². The molecule has 0 bridgehead atoms. The monoisotopic (exact) mass is 658 g/mol. The first-order valence-electron chi connectivity index (χ1n) is 15.0. The van der Waals surface area contributed by atoms with E-state index in [1.54, 1.807) is 27.7 Å². The third-order valence-electron chi connectivity index (χ3n) is 5.30. The maximum Gasteiger partial charge on any atom is 0.330 e. The lowest BCUT2D eigenvalue weighted by atomic mass is 10.3. The van der Waals surface area contributed by atoms with E-state index in [2.05, 4.69) is 26.3 Å². The molecule has 7 atom stereocenters. The van der Waals surface area contributed by atoms with Gasteiger partial charge in [-0.25, -0.2) is 19.2 Å². The van der Waals surface area contributed by atoms with E-state index in [-0.39, 0.29) is 69.2 Å². The molecule has 0 saturated carbocycles. The first-order chi connectivity index (χ1) is 21.7. The third kappa shape index (κ3) is 28.1. The Labute approximate surface area is 273 Å². The summed E-state index contributed by atoms with van der Waals surface area (Å²) < 4.78 is 47.4. The molecule has 0 aromatic heterocycles. The summed E-state index contributed by atoms with van der Waals surface area (Å²) >= 11 is 0. The molecule has 0 aromatic carbocycles. The van der Waals surface area contributed by atoms with Gasteiger partial charge in [-0.1, -0.05) is 26.3 Å². The van der Waals surface area contributed by atoms with Gasteiger partial charge in [0.15, 0.2) is 0 Å². The molecule has 0 spiro atoms. The average Bonchev–Trinajstić information content (AvgIpc) is 3.04. The molecular weight excluding hydrogens is 604 g/mol. The summed E-state index contributed by atoms with van der Waals surface area (Å²) in [5, 5.41) is 0. The summed E-state index contributed by atoms with van der Waals surface area (Å²) in [6, 6.07) is 0. The van der Waals surface area contributed by atoms with E-state index in [0.717, 1.165) is 24.3 Å². The minimum atomic E-state index is -0.479. The van der Waals surface area contributed by atoms with Crippen LogP contribution in [0.1, 0.15) is 48.5 Å². The van der Waals surface area contributed by atoms with Gasteiger partial charge in [0.05, 0.1) is 63.6 Å². The number of hydrogen-bond acceptors (Lipinski definition) is 13. The molecule has 0 radical (unpaired) electrons. The smallest absolute Gasteiger partial charge is 0.330 e. The third-order valence-corrected chi connectivity index (χ3v) is 5.30. The molecular formula is C33H54O13. The zero-order valence-electron chi connectivity index (χ0n) is 28.4. The SMILES string of the molecule is C=CC(=O)OCC(C)OCC(C)OCC(C)OC(=O)C=C.C=CC(=O)OCC(C)OCC(C)OCC(C)OCC(C)OC(=O)C=C. The predicted octanol–water partition coefficient (Wildman–Crippen LogP) is 3.69. The van der Waals surface area contributed by atoms with E-state index in [0.29, 0.717) is 19.8 Å². The molecule has 7 unspecified atom stereocenters. The highest BCUT2D eigenvalue weighted by Crippen LogP contribution is 2.04. The summed E-state index contributed by atoms with van der Waals surface area (Å²) in [6.07, 6.45) is 2.78. The van der Waals surface area contributed by atoms with Gasteiger partial charge in [-0.05, 0) is 48.5 Å². The topological polar surface area (TPSA) is 151 Å². The molecule has 264 valence electrons. The zero-order chi connectivity index (χ0) is 35.5. The van der Waals surface area contributed by atoms with Crippen molar-refractivity contribution >= 4 is 23.9 Å². The van der Waals surface area contributed by atoms with Crippen LogP contribution in [0.3, 0.4) is 0 Å². The molecule has 0 aliphatic carbocycles. The molecule has 13 heteroatoms. The maximum atomic E-state index is 11.0. The second-order valence-electron chi connectivity index (χ2n) is 10.3. The number of esters is 4. The van der Waals surface area contributed by atoms with Crippen LogP contribution in [0.25, 0.3) is 0 Å². The van der Waals surface area contributed by atoms with Crippen LogP contribution in [0.2, 0.25) is 0 Å². The molecule has 0 aliphatic rings. The molecule has 0 aromatic rings. The highest BCUT2D eigenvalue weighted by Gasteiger charge is 2.14. The van der Waals surface area contributed by atoms with Gasteiger partial charge in [-0.3, -0.25) is 0 Å². The summed E-state index contributed by atoms with van der Waals surface area (Å²) in [6.45, 7) is 27.9. The van der Waals surface area contributed by atoms with E-state index >= 15 is 0 Å². The molecule has 0 heterocycles. The maximum absolute atomic E-state index is 11.0. The Kier molecular flexibility index (Phi) is 27.2. The number of carbonyl (C=O) groups excluding carboxylic acids is 4. The van der Waals surface area contributed by atoms with Gasteiger partial charge in [0, 0.05) is 24.3 Å². The molecule has 0 amide bonds. The van der Waals surface area contributed by atoms with Crippen molar-refractivity contribution in [3.63, 3.8) is 0 Å². The van der Waals surface area contributed by atoms with Crippen LogP contribution in [-0.2, 0) is 61.8 Å². The minimum absolute atomic E-state index is 0.139. The van der Waals surface area contributed by atoms with Crippen molar-refractivity contribution in [2.24, 2.45) is 0 Å². The molecule has 13 nitrogen and oxygen atoms in total. The van der Waals surface area contributed by atoms with Gasteiger partial charge >= 0.3 is 23.9 Å². The fourth-order valence-electron chi connectivity index (χ4n) is 2.82. The average molecular weight is 659 g/mol. The standard InChI is InChI=1S/C18H30O7.C15H24O6/c1-7-17(19)24-11-15(5)22-9-13(3)21-10-14(4)23-12-16(6)25-18(20)8-2;1-6-14(16)20-9-12(4)18-8-11(3)19-10-13(5)21-15(17)7-2/h7-8,13-16H,1-2,9-12H2,3-6H3;6-7,11-13H,1-2,8-10H2,3-5H3. The van der Waals surface area contributed by atoms with Crippen molar-refractivity contribution in [1.82, 2.24) is 0 Å². The Morgan fingerprint density at radius 2 is 0.609 bits per heavy atom. The lowest BCUT2D eigenvalue weighted by molar-refractivity contribution is -0.148. The van der Waals surface area contributed by atoms with Crippen molar-refractivity contribution in [3.05, 3.63) is 50.6 Å². The Morgan fingerprint density at radius 1 is 0.391 bits per heavy atom. The largest absolute Gasteiger partial charge is 0.460 e. The summed E-state index contributed by atoms with van der Waals surface area (Å²) in [7, 11) is 0. The van der Waals surface area contributed by atoms with Crippen LogP contribution >= 0.6 is 0 Å². The first kappa shape index (κ1) is 44.8. The second kappa shape index (κ2) is 27.9. The van der Waals surface area contributed by atoms with Crippen LogP contribution in [0.5, 0.6) is 0 Å². The predicted molar refractivity (Wildman–Crippen MR) is 171 cm³/mol. The van der Waals surface area contributed by atoms with Crippen molar-refractivity contribution in [3.8, 4) is 0 Å². The van der Waals surface area contributed by atoms with E-state index in [1.807, 2.05) is 20.8 Å². The molecule has 0 N–H and O–H groups in total. The van der Waals surface area contributed by atoms with E-state index in [9.17, 15) is 19.2 Å². The Bertz CT molecular complexity index is 919. The van der Waals surface area contributed by atoms with Gasteiger partial charge in [0.1, 0.15) is 25.4 Å². The quantitative estimate of drug-likeness (QED) is 0.0797. The fourth-order valence-corrected chi connectivity index (χ4v) is 2.82. The zero-order valence-corrected chi connectivity index (χ0v) is 28.4. The van der Waals surface area contributed by atoms with Crippen molar-refractivity contribution in [2.45, 2.75) is 91.2 Å². The van der Waals surface area contributed by atoms with Crippen LogP contribution in [0, 0.1) is 0 Å². The van der Waals surface area contributed by atoms with Gasteiger partial charge in [0.2, 0.25) is 0 Å². The summed E-state index contributed by atoms with van der Waals surface area (Å²) in [5.74, 6) is -1.90. The molecule has 0 rings (SSSR count). The van der Waals surface area contributed by atoms with E-state index in [4.69, 9.17) is 42.6 Å². The highest BCUT2D eigenvalue weighted by molar-refractivity contribution is 5.82. The summed E-state index contributed by atoms with van der Waals surface area (Å²) in [5.41, 5.74) is 0. The van der Waals surface area contributed by atoms with Gasteiger partial charge in [-0.15, -0.1) is 0 Å². The molecule has 0 fully saturated rings. The van der Waals surface area contributed by atoms with Gasteiger partial charge in [-0.2, -0.15) is 0 Å². The number of hydrogen-bond donors (Lipinski definition) is 0. The number of rotatable bonds is 25. The Balaban J connectivity index is 0. The molecule has 0 saturated heterocycles. The lowest BCUT2D eigenvalue weighted by Crippen LogP contribution is -2.28. The van der Waals surface area contributed by atoms with Gasteiger partial charge in [0.25, 0.3) is 0 Å². The summed E-state index contributed by atoms with van der Waals surface area (Å²) in [4.78, 5) is 43.8. The Hall–Kier alpha value is -3.36. The fraction of sp³-hybridized carbons (Fsp3) is 0.636. The first-order valence-corrected chi connectivity index (χ1v) is 15.0. The normalized spacial score (nSPS) is 15.1. The van der Waals surface area contributed by atoms with Crippen LogP contribution in [-0.4, -0.2) is 113 Å². The molecule has 0 aliphatic heterocycles. The van der Waals surface area contributed by atoms with Crippen LogP contribution in [0.4, 0.5) is 0 Å². The lowest BCUT2D eigenvalue weighted by Gasteiger charge is -2.21. The number of ether oxygens (including phenoxy) is 9. The van der Waals surface area contributed by atoms with Crippen molar-refractivity contribution < 1.29 is 61.8 Å². The Morgan fingerprint density at radius 3 is 0.848 bits per heavy atom. The molecule has 46 heavy (non-hydrogen) atoms. The van der Waals surface area contributed by atoms with Crippen molar-refractivity contribution in [1.29, 1.82) is 0 Å². The number of carbonyl (C=O) groups is 4. The minimum Gasteiger partial charge on any atom is -0.460 e. The van der Waals surface area contributed by atoms with Crippen molar-refractivity contribution in [2.75, 3.05) is 46.2 Å². The van der Waals surface area contributed by atoms with Crippen LogP contribution in [0.15, 0.2) is 50.6 Å². The van der Waals surface area contributed by atoms with Crippen LogP contribution < -0.4 is 0 Å². The van der Waals surface area contributed by atoms with E-state index in [1.165, 1.54) is 0 Å². The van der Waals surface area contributed by atoms with E-state index < -0.39 is 23.9 Å². The second-order valence-corrected chi connectivity index (χ2v) is 10.3.